The van der Waals surface area contributed by atoms with Gasteiger partial charge >= 0.3 is 5.97 Å². The molecule has 5 atom stereocenters. The number of aliphatic hydroxyl groups excluding tert-OH is 3. The normalized spacial score (nSPS) is 28.7. The first-order valence-corrected chi connectivity index (χ1v) is 11.4. The molecule has 0 bridgehead atoms. The van der Waals surface area contributed by atoms with Crippen molar-refractivity contribution in [3.05, 3.63) is 29.8 Å². The second-order valence-electron chi connectivity index (χ2n) is 8.79. The average Bonchev–Trinajstić information content (AvgIpc) is 2.84. The highest BCUT2D eigenvalue weighted by Gasteiger charge is 2.45. The SMILES string of the molecule is COc1cc(C=CC(=O)OCC2OC(OCCC3(O)CCC(=O)CC3)C(O)C(O)C2O)ccc1O. The standard InChI is InChI=1S/C24H32O11/c1-32-17-12-14(2-4-16(17)26)3-5-19(27)34-13-18-20(28)21(29)22(30)23(35-18)33-11-10-24(31)8-6-15(25)7-9-24/h2-5,12,18,20-23,26,28-31H,6-11,13H2,1H3. The first-order valence-electron chi connectivity index (χ1n) is 11.4. The van der Waals surface area contributed by atoms with E-state index in [4.69, 9.17) is 18.9 Å². The van der Waals surface area contributed by atoms with E-state index in [0.29, 0.717) is 31.2 Å². The van der Waals surface area contributed by atoms with Gasteiger partial charge in [-0.1, -0.05) is 6.07 Å². The third kappa shape index (κ3) is 7.23. The Bertz CT molecular complexity index is 905. The Hall–Kier alpha value is -2.54. The van der Waals surface area contributed by atoms with Crippen molar-refractivity contribution in [2.24, 2.45) is 0 Å². The van der Waals surface area contributed by atoms with Gasteiger partial charge in [0.15, 0.2) is 17.8 Å². The molecule has 11 heteroatoms. The molecule has 1 aromatic rings. The van der Waals surface area contributed by atoms with E-state index in [2.05, 4.69) is 0 Å². The van der Waals surface area contributed by atoms with Crippen molar-refractivity contribution in [2.45, 2.75) is 68.4 Å². The quantitative estimate of drug-likeness (QED) is 0.231. The average molecular weight is 497 g/mol. The zero-order valence-corrected chi connectivity index (χ0v) is 19.4. The first-order chi connectivity index (χ1) is 16.6. The molecule has 35 heavy (non-hydrogen) atoms. The molecular weight excluding hydrogens is 464 g/mol. The second-order valence-corrected chi connectivity index (χ2v) is 8.79. The van der Waals surface area contributed by atoms with Crippen molar-refractivity contribution < 1.29 is 54.1 Å². The zero-order valence-electron chi connectivity index (χ0n) is 19.4. The van der Waals surface area contributed by atoms with Gasteiger partial charge in [-0.3, -0.25) is 4.79 Å². The lowest BCUT2D eigenvalue weighted by molar-refractivity contribution is -0.303. The van der Waals surface area contributed by atoms with Gasteiger partial charge in [-0.25, -0.2) is 4.79 Å². The number of aliphatic hydroxyl groups is 4. The lowest BCUT2D eigenvalue weighted by atomic mass is 9.82. The van der Waals surface area contributed by atoms with Crippen molar-refractivity contribution >= 4 is 17.8 Å². The number of aromatic hydroxyl groups is 1. The summed E-state index contributed by atoms with van der Waals surface area (Å²) in [7, 11) is 1.40. The summed E-state index contributed by atoms with van der Waals surface area (Å²) < 4.78 is 21.1. The highest BCUT2D eigenvalue weighted by Crippen LogP contribution is 2.30. The monoisotopic (exact) mass is 496 g/mol. The Morgan fingerprint density at radius 1 is 1.17 bits per heavy atom. The molecule has 0 amide bonds. The Kier molecular flexibility index (Phi) is 9.22. The number of phenols is 1. The van der Waals surface area contributed by atoms with Crippen LogP contribution in [-0.2, 0) is 23.8 Å². The predicted molar refractivity (Wildman–Crippen MR) is 120 cm³/mol. The van der Waals surface area contributed by atoms with E-state index in [9.17, 15) is 35.1 Å². The summed E-state index contributed by atoms with van der Waals surface area (Å²) in [6, 6.07) is 4.50. The number of benzene rings is 1. The van der Waals surface area contributed by atoms with E-state index in [0.717, 1.165) is 6.08 Å². The number of ether oxygens (including phenoxy) is 4. The van der Waals surface area contributed by atoms with E-state index >= 15 is 0 Å². The number of rotatable bonds is 9. The fourth-order valence-electron chi connectivity index (χ4n) is 3.98. The number of ketones is 1. The van der Waals surface area contributed by atoms with Crippen LogP contribution >= 0.6 is 0 Å². The van der Waals surface area contributed by atoms with Gasteiger partial charge in [0.1, 0.15) is 36.8 Å². The van der Waals surface area contributed by atoms with E-state index < -0.39 is 48.9 Å². The van der Waals surface area contributed by atoms with Crippen LogP contribution in [0.2, 0.25) is 0 Å². The minimum absolute atomic E-state index is 0.0133. The van der Waals surface area contributed by atoms with E-state index in [-0.39, 0.29) is 30.3 Å². The van der Waals surface area contributed by atoms with Gasteiger partial charge in [0.25, 0.3) is 0 Å². The number of hydrogen-bond donors (Lipinski definition) is 5. The maximum atomic E-state index is 12.1. The number of carbonyl (C=O) groups excluding carboxylic acids is 2. The molecule has 1 saturated heterocycles. The topological polar surface area (TPSA) is 172 Å². The highest BCUT2D eigenvalue weighted by atomic mass is 16.7. The minimum atomic E-state index is -1.60. The van der Waals surface area contributed by atoms with E-state index in [1.165, 1.54) is 25.3 Å². The number of Topliss-reactive ketones (excluding diaryl/α,β-unsaturated/α-hetero) is 1. The van der Waals surface area contributed by atoms with Crippen LogP contribution in [-0.4, -0.2) is 93.9 Å². The van der Waals surface area contributed by atoms with Gasteiger partial charge in [-0.05, 0) is 43.0 Å². The molecular formula is C24H32O11. The van der Waals surface area contributed by atoms with E-state index in [1.807, 2.05) is 0 Å². The lowest BCUT2D eigenvalue weighted by Gasteiger charge is -2.40. The van der Waals surface area contributed by atoms with Crippen LogP contribution in [0, 0.1) is 0 Å². The lowest BCUT2D eigenvalue weighted by Crippen LogP contribution is -2.59. The molecule has 5 N–H and O–H groups in total. The summed E-state index contributed by atoms with van der Waals surface area (Å²) in [6.07, 6.45) is -3.14. The highest BCUT2D eigenvalue weighted by molar-refractivity contribution is 5.87. The summed E-state index contributed by atoms with van der Waals surface area (Å²) in [5, 5.41) is 50.7. The van der Waals surface area contributed by atoms with Crippen molar-refractivity contribution in [1.82, 2.24) is 0 Å². The molecule has 1 heterocycles. The Morgan fingerprint density at radius 2 is 1.89 bits per heavy atom. The fraction of sp³-hybridized carbons (Fsp3) is 0.583. The number of methoxy groups -OCH3 is 1. The fourth-order valence-corrected chi connectivity index (χ4v) is 3.98. The van der Waals surface area contributed by atoms with Crippen molar-refractivity contribution in [3.8, 4) is 11.5 Å². The number of esters is 1. The Labute approximate surface area is 202 Å². The third-order valence-electron chi connectivity index (χ3n) is 6.26. The summed E-state index contributed by atoms with van der Waals surface area (Å²) in [4.78, 5) is 23.5. The van der Waals surface area contributed by atoms with Gasteiger partial charge in [-0.2, -0.15) is 0 Å². The molecule has 0 spiro atoms. The summed E-state index contributed by atoms with van der Waals surface area (Å²) in [6.45, 7) is -0.431. The molecule has 1 aliphatic carbocycles. The maximum Gasteiger partial charge on any atom is 0.330 e. The Morgan fingerprint density at radius 3 is 2.57 bits per heavy atom. The van der Waals surface area contributed by atoms with Crippen molar-refractivity contribution in [1.29, 1.82) is 0 Å². The predicted octanol–water partition coefficient (Wildman–Crippen LogP) is 0.0457. The molecule has 2 aliphatic rings. The van der Waals surface area contributed by atoms with Crippen LogP contribution in [0.1, 0.15) is 37.7 Å². The molecule has 0 radical (unpaired) electrons. The van der Waals surface area contributed by atoms with Gasteiger partial charge in [-0.15, -0.1) is 0 Å². The number of hydrogen-bond acceptors (Lipinski definition) is 11. The van der Waals surface area contributed by atoms with Crippen LogP contribution in [0.4, 0.5) is 0 Å². The summed E-state index contributed by atoms with van der Waals surface area (Å²) in [5.74, 6) is -0.452. The zero-order chi connectivity index (χ0) is 25.6. The van der Waals surface area contributed by atoms with Gasteiger partial charge in [0.05, 0.1) is 19.3 Å². The smallest absolute Gasteiger partial charge is 0.330 e. The molecule has 11 nitrogen and oxygen atoms in total. The molecule has 3 rings (SSSR count). The molecule has 194 valence electrons. The van der Waals surface area contributed by atoms with Crippen molar-refractivity contribution in [2.75, 3.05) is 20.3 Å². The molecule has 0 aromatic heterocycles. The van der Waals surface area contributed by atoms with Gasteiger partial charge < -0.3 is 44.5 Å². The Balaban J connectivity index is 1.50. The van der Waals surface area contributed by atoms with Gasteiger partial charge in [0, 0.05) is 18.9 Å². The molecule has 2 fully saturated rings. The summed E-state index contributed by atoms with van der Waals surface area (Å²) >= 11 is 0. The van der Waals surface area contributed by atoms with Crippen LogP contribution in [0.25, 0.3) is 6.08 Å². The van der Waals surface area contributed by atoms with Crippen LogP contribution in [0.15, 0.2) is 24.3 Å². The van der Waals surface area contributed by atoms with Gasteiger partial charge in [0.2, 0.25) is 0 Å². The number of phenolic OH excluding ortho intramolecular Hbond substituents is 1. The molecule has 1 saturated carbocycles. The summed E-state index contributed by atoms with van der Waals surface area (Å²) in [5.41, 5.74) is -0.476. The molecule has 5 unspecified atom stereocenters. The maximum absolute atomic E-state index is 12.1. The first kappa shape index (κ1) is 27.1. The molecule has 1 aromatic carbocycles. The second kappa shape index (κ2) is 11.9. The third-order valence-corrected chi connectivity index (χ3v) is 6.26. The minimum Gasteiger partial charge on any atom is -0.504 e. The van der Waals surface area contributed by atoms with Crippen LogP contribution in [0.5, 0.6) is 11.5 Å². The van der Waals surface area contributed by atoms with Crippen molar-refractivity contribution in [3.63, 3.8) is 0 Å². The molecule has 1 aliphatic heterocycles. The van der Waals surface area contributed by atoms with Crippen LogP contribution in [0.3, 0.4) is 0 Å². The largest absolute Gasteiger partial charge is 0.504 e. The van der Waals surface area contributed by atoms with E-state index in [1.54, 1.807) is 6.07 Å². The van der Waals surface area contributed by atoms with Crippen LogP contribution < -0.4 is 4.74 Å². The number of carbonyl (C=O) groups is 2.